The Balaban J connectivity index is 1.91. The molecule has 5 nitrogen and oxygen atoms in total. The average Bonchev–Trinajstić information content (AvgIpc) is 3.12. The third kappa shape index (κ3) is 3.27. The third-order valence-corrected chi connectivity index (χ3v) is 4.35. The van der Waals surface area contributed by atoms with Gasteiger partial charge in [-0.2, -0.15) is 5.10 Å². The minimum absolute atomic E-state index is 0.237. The van der Waals surface area contributed by atoms with Crippen LogP contribution < -0.4 is 0 Å². The second-order valence-corrected chi connectivity index (χ2v) is 6.27. The number of halogens is 2. The molecule has 0 aliphatic heterocycles. The molecule has 0 aliphatic rings. The summed E-state index contributed by atoms with van der Waals surface area (Å²) in [5, 5.41) is 5.05. The number of nitrogens with zero attached hydrogens (tertiary/aromatic N) is 3. The molecule has 2 heterocycles. The number of fused-ring (bicyclic) bond motifs is 1. The molecule has 0 saturated carbocycles. The number of aromatic nitrogens is 3. The lowest BCUT2D eigenvalue weighted by Gasteiger charge is -2.06. The van der Waals surface area contributed by atoms with Crippen molar-refractivity contribution in [2.24, 2.45) is 0 Å². The Kier molecular flexibility index (Phi) is 4.33. The summed E-state index contributed by atoms with van der Waals surface area (Å²) in [4.78, 5) is 16.9. The number of carbonyl (C=O) groups excluding carboxylic acids is 1. The van der Waals surface area contributed by atoms with E-state index in [9.17, 15) is 9.18 Å². The summed E-state index contributed by atoms with van der Waals surface area (Å²) >= 11 is 5.95. The topological polar surface area (TPSA) is 56.5 Å². The average molecular weight is 382 g/mol. The van der Waals surface area contributed by atoms with Crippen LogP contribution in [0, 0.1) is 5.82 Å². The number of benzene rings is 2. The monoisotopic (exact) mass is 381 g/mol. The van der Waals surface area contributed by atoms with Crippen LogP contribution in [-0.2, 0) is 4.74 Å². The van der Waals surface area contributed by atoms with Crippen molar-refractivity contribution in [2.45, 2.75) is 0 Å². The number of carbonyl (C=O) groups is 1. The highest BCUT2D eigenvalue weighted by Crippen LogP contribution is 2.25. The summed E-state index contributed by atoms with van der Waals surface area (Å²) in [6.07, 6.45) is 0. The van der Waals surface area contributed by atoms with Crippen LogP contribution in [0.4, 0.5) is 4.39 Å². The number of esters is 1. The van der Waals surface area contributed by atoms with Crippen molar-refractivity contribution in [2.75, 3.05) is 7.11 Å². The molecule has 0 aliphatic carbocycles. The summed E-state index contributed by atoms with van der Waals surface area (Å²) in [6, 6.07) is 16.4. The molecule has 134 valence electrons. The Morgan fingerprint density at radius 1 is 1.00 bits per heavy atom. The Bertz CT molecular complexity index is 1140. The zero-order valence-corrected chi connectivity index (χ0v) is 14.9. The third-order valence-electron chi connectivity index (χ3n) is 4.10. The van der Waals surface area contributed by atoms with Gasteiger partial charge in [0.15, 0.2) is 11.3 Å². The molecule has 2 aromatic carbocycles. The van der Waals surface area contributed by atoms with E-state index in [-0.39, 0.29) is 11.5 Å². The Morgan fingerprint density at radius 2 is 1.63 bits per heavy atom. The van der Waals surface area contributed by atoms with Gasteiger partial charge in [0.2, 0.25) is 0 Å². The van der Waals surface area contributed by atoms with Crippen molar-refractivity contribution in [3.8, 4) is 22.5 Å². The van der Waals surface area contributed by atoms with Crippen molar-refractivity contribution in [1.29, 1.82) is 0 Å². The van der Waals surface area contributed by atoms with E-state index in [4.69, 9.17) is 16.3 Å². The fourth-order valence-corrected chi connectivity index (χ4v) is 2.88. The van der Waals surface area contributed by atoms with Crippen LogP contribution in [0.2, 0.25) is 5.02 Å². The summed E-state index contributed by atoms with van der Waals surface area (Å²) in [5.41, 5.74) is 3.39. The first-order valence-corrected chi connectivity index (χ1v) is 8.44. The van der Waals surface area contributed by atoms with Gasteiger partial charge in [0.25, 0.3) is 0 Å². The van der Waals surface area contributed by atoms with E-state index >= 15 is 0 Å². The van der Waals surface area contributed by atoms with E-state index in [1.807, 2.05) is 12.1 Å². The van der Waals surface area contributed by atoms with Crippen LogP contribution in [0.25, 0.3) is 28.2 Å². The SMILES string of the molecule is COC(=O)c1cc(-c2ccc(Cl)cc2)nc2cc(-c3ccc(F)cc3)nn12. The molecule has 4 rings (SSSR count). The standard InChI is InChI=1S/C20H13ClFN3O2/c1-27-20(26)18-10-16(12-2-6-14(21)7-3-12)23-19-11-17(24-25(18)19)13-4-8-15(22)9-5-13/h2-11H,1H3. The minimum Gasteiger partial charge on any atom is -0.464 e. The van der Waals surface area contributed by atoms with Gasteiger partial charge in [-0.25, -0.2) is 18.7 Å². The highest BCUT2D eigenvalue weighted by molar-refractivity contribution is 6.30. The Labute approximate surface area is 159 Å². The second kappa shape index (κ2) is 6.81. The van der Waals surface area contributed by atoms with Gasteiger partial charge in [-0.1, -0.05) is 23.7 Å². The highest BCUT2D eigenvalue weighted by atomic mass is 35.5. The molecular formula is C20H13ClFN3O2. The summed E-state index contributed by atoms with van der Waals surface area (Å²) in [5.74, 6) is -0.868. The van der Waals surface area contributed by atoms with Crippen molar-refractivity contribution in [1.82, 2.24) is 14.6 Å². The van der Waals surface area contributed by atoms with Crippen molar-refractivity contribution < 1.29 is 13.9 Å². The predicted octanol–water partition coefficient (Wildman–Crippen LogP) is 4.64. The maximum Gasteiger partial charge on any atom is 0.356 e. The van der Waals surface area contributed by atoms with Gasteiger partial charge in [0.1, 0.15) is 5.82 Å². The van der Waals surface area contributed by atoms with E-state index in [0.29, 0.717) is 27.6 Å². The van der Waals surface area contributed by atoms with Crippen molar-refractivity contribution in [3.05, 3.63) is 77.2 Å². The van der Waals surface area contributed by atoms with E-state index in [1.54, 1.807) is 36.4 Å². The first-order valence-electron chi connectivity index (χ1n) is 8.06. The van der Waals surface area contributed by atoms with Crippen LogP contribution in [0.1, 0.15) is 10.5 Å². The maximum absolute atomic E-state index is 13.2. The molecule has 0 unspecified atom stereocenters. The molecule has 0 amide bonds. The van der Waals surface area contributed by atoms with Crippen LogP contribution in [-0.4, -0.2) is 27.7 Å². The summed E-state index contributed by atoms with van der Waals surface area (Å²) in [6.45, 7) is 0. The Morgan fingerprint density at radius 3 is 2.30 bits per heavy atom. The van der Waals surface area contributed by atoms with Crippen molar-refractivity contribution >= 4 is 23.2 Å². The van der Waals surface area contributed by atoms with E-state index in [2.05, 4.69) is 10.1 Å². The number of hydrogen-bond acceptors (Lipinski definition) is 4. The fourth-order valence-electron chi connectivity index (χ4n) is 2.75. The quantitative estimate of drug-likeness (QED) is 0.485. The van der Waals surface area contributed by atoms with Crippen LogP contribution in [0.5, 0.6) is 0 Å². The molecule has 4 aromatic rings. The molecule has 7 heteroatoms. The van der Waals surface area contributed by atoms with Gasteiger partial charge < -0.3 is 4.74 Å². The molecule has 0 saturated heterocycles. The number of hydrogen-bond donors (Lipinski definition) is 0. The number of rotatable bonds is 3. The predicted molar refractivity (Wildman–Crippen MR) is 100 cm³/mol. The van der Waals surface area contributed by atoms with Crippen molar-refractivity contribution in [3.63, 3.8) is 0 Å². The smallest absolute Gasteiger partial charge is 0.356 e. The molecule has 0 N–H and O–H groups in total. The van der Waals surface area contributed by atoms with Crippen LogP contribution >= 0.6 is 11.6 Å². The van der Waals surface area contributed by atoms with Gasteiger partial charge in [-0.3, -0.25) is 0 Å². The molecule has 0 radical (unpaired) electrons. The Hall–Kier alpha value is -3.25. The molecular weight excluding hydrogens is 369 g/mol. The lowest BCUT2D eigenvalue weighted by atomic mass is 10.1. The maximum atomic E-state index is 13.2. The highest BCUT2D eigenvalue weighted by Gasteiger charge is 2.17. The molecule has 0 fully saturated rings. The van der Waals surface area contributed by atoms with Gasteiger partial charge in [-0.15, -0.1) is 0 Å². The lowest BCUT2D eigenvalue weighted by molar-refractivity contribution is 0.0590. The zero-order valence-electron chi connectivity index (χ0n) is 14.2. The molecule has 27 heavy (non-hydrogen) atoms. The van der Waals surface area contributed by atoms with Gasteiger partial charge in [0, 0.05) is 22.2 Å². The summed E-state index contributed by atoms with van der Waals surface area (Å²) < 4.78 is 19.5. The first kappa shape index (κ1) is 17.2. The fraction of sp³-hybridized carbons (Fsp3) is 0.0500. The molecule has 0 spiro atoms. The zero-order chi connectivity index (χ0) is 19.0. The van der Waals surface area contributed by atoms with Gasteiger partial charge >= 0.3 is 5.97 Å². The number of ether oxygens (including phenoxy) is 1. The normalized spacial score (nSPS) is 10.9. The first-order chi connectivity index (χ1) is 13.0. The van der Waals surface area contributed by atoms with E-state index in [1.165, 1.54) is 23.8 Å². The molecule has 0 bridgehead atoms. The number of methoxy groups -OCH3 is 1. The second-order valence-electron chi connectivity index (χ2n) is 5.83. The minimum atomic E-state index is -0.536. The van der Waals surface area contributed by atoms with E-state index in [0.717, 1.165) is 5.56 Å². The van der Waals surface area contributed by atoms with Crippen LogP contribution in [0.15, 0.2) is 60.7 Å². The van der Waals surface area contributed by atoms with E-state index < -0.39 is 5.97 Å². The van der Waals surface area contributed by atoms with Crippen LogP contribution in [0.3, 0.4) is 0 Å². The van der Waals surface area contributed by atoms with Gasteiger partial charge in [0.05, 0.1) is 18.5 Å². The largest absolute Gasteiger partial charge is 0.464 e. The molecule has 2 aromatic heterocycles. The van der Waals surface area contributed by atoms with Gasteiger partial charge in [-0.05, 0) is 42.5 Å². The molecule has 0 atom stereocenters. The summed E-state index contributed by atoms with van der Waals surface area (Å²) in [7, 11) is 1.31. The lowest BCUT2D eigenvalue weighted by Crippen LogP contribution is -2.10.